The van der Waals surface area contributed by atoms with Crippen molar-refractivity contribution in [3.8, 4) is 5.75 Å². The number of hydrogen-bond acceptors (Lipinski definition) is 4. The van der Waals surface area contributed by atoms with Crippen molar-refractivity contribution in [2.45, 2.75) is 0 Å². The Labute approximate surface area is 84.5 Å². The molecule has 0 atom stereocenters. The van der Waals surface area contributed by atoms with Crippen LogP contribution in [0.4, 0.5) is 0 Å². The van der Waals surface area contributed by atoms with Crippen molar-refractivity contribution in [1.82, 2.24) is 10.1 Å². The third-order valence-electron chi connectivity index (χ3n) is 1.77. The minimum Gasteiger partial charge on any atom is -0.594 e. The van der Waals surface area contributed by atoms with E-state index in [4.69, 9.17) is 16.3 Å². The summed E-state index contributed by atoms with van der Waals surface area (Å²) in [5, 5.41) is 14.7. The fraction of sp³-hybridized carbons (Fsp3) is 0.125. The summed E-state index contributed by atoms with van der Waals surface area (Å²) in [6, 6.07) is 4.90. The number of halogens is 1. The summed E-state index contributed by atoms with van der Waals surface area (Å²) in [6.07, 6.45) is 0. The minimum atomic E-state index is -0.0716. The molecule has 0 bridgehead atoms. The van der Waals surface area contributed by atoms with Gasteiger partial charge in [-0.3, -0.25) is 0 Å². The second-order valence-electron chi connectivity index (χ2n) is 2.61. The van der Waals surface area contributed by atoms with Crippen LogP contribution in [0.1, 0.15) is 0 Å². The zero-order valence-electron chi connectivity index (χ0n) is 7.27. The molecule has 0 aliphatic carbocycles. The molecule has 0 N–H and O–H groups in total. The molecule has 0 radical (unpaired) electrons. The van der Waals surface area contributed by atoms with Crippen LogP contribution >= 0.6 is 11.6 Å². The molecule has 0 fully saturated rings. The van der Waals surface area contributed by atoms with Gasteiger partial charge in [0, 0.05) is 5.10 Å². The zero-order chi connectivity index (χ0) is 10.1. The molecule has 0 amide bonds. The highest BCUT2D eigenvalue weighted by atomic mass is 35.5. The van der Waals surface area contributed by atoms with Crippen LogP contribution in [0.25, 0.3) is 11.0 Å². The summed E-state index contributed by atoms with van der Waals surface area (Å²) < 4.78 is 4.97. The van der Waals surface area contributed by atoms with Crippen molar-refractivity contribution in [2.24, 2.45) is 0 Å². The first-order chi connectivity index (χ1) is 6.70. The van der Waals surface area contributed by atoms with Crippen LogP contribution < -0.4 is 9.58 Å². The molecule has 0 aliphatic heterocycles. The van der Waals surface area contributed by atoms with Crippen LogP contribution in [-0.4, -0.2) is 17.2 Å². The summed E-state index contributed by atoms with van der Waals surface area (Å²) in [6.45, 7) is 0. The molecular formula is C8H6ClN3O2. The van der Waals surface area contributed by atoms with Crippen LogP contribution in [0, 0.1) is 5.21 Å². The Morgan fingerprint density at radius 1 is 1.50 bits per heavy atom. The van der Waals surface area contributed by atoms with Gasteiger partial charge in [0.1, 0.15) is 11.3 Å². The Kier molecular flexibility index (Phi) is 2.09. The van der Waals surface area contributed by atoms with E-state index in [1.165, 1.54) is 7.11 Å². The number of rotatable bonds is 1. The van der Waals surface area contributed by atoms with E-state index in [-0.39, 0.29) is 5.28 Å². The second kappa shape index (κ2) is 3.26. The number of hydrogen-bond donors (Lipinski definition) is 0. The van der Waals surface area contributed by atoms with E-state index in [0.717, 1.165) is 0 Å². The first kappa shape index (κ1) is 8.96. The van der Waals surface area contributed by atoms with E-state index >= 15 is 0 Å². The minimum absolute atomic E-state index is 0.0716. The number of nitrogens with zero attached hydrogens (tertiary/aromatic N) is 3. The first-order valence-electron chi connectivity index (χ1n) is 3.82. The first-order valence-corrected chi connectivity index (χ1v) is 4.19. The van der Waals surface area contributed by atoms with Crippen molar-refractivity contribution in [1.29, 1.82) is 0 Å². The monoisotopic (exact) mass is 211 g/mol. The Hall–Kier alpha value is -1.62. The molecule has 0 unspecified atom stereocenters. The van der Waals surface area contributed by atoms with Crippen molar-refractivity contribution < 1.29 is 9.58 Å². The van der Waals surface area contributed by atoms with Crippen LogP contribution in [0.3, 0.4) is 0 Å². The van der Waals surface area contributed by atoms with Crippen molar-refractivity contribution in [3.63, 3.8) is 0 Å². The molecule has 0 aliphatic rings. The standard InChI is InChI=1S/C8H6ClN3O2/c1-14-5-2-3-6-7(4-5)12(13)11-8(9)10-6/h2-4H,1H3. The summed E-state index contributed by atoms with van der Waals surface area (Å²) >= 11 is 5.52. The predicted molar refractivity (Wildman–Crippen MR) is 50.1 cm³/mol. The summed E-state index contributed by atoms with van der Waals surface area (Å²) in [5.74, 6) is 0.577. The Morgan fingerprint density at radius 3 is 3.00 bits per heavy atom. The lowest BCUT2D eigenvalue weighted by molar-refractivity contribution is -0.642. The van der Waals surface area contributed by atoms with Gasteiger partial charge in [0.2, 0.25) is 0 Å². The lowest BCUT2D eigenvalue weighted by Gasteiger charge is -2.01. The van der Waals surface area contributed by atoms with E-state index in [1.807, 2.05) is 0 Å². The molecule has 14 heavy (non-hydrogen) atoms. The summed E-state index contributed by atoms with van der Waals surface area (Å²) in [7, 11) is 1.52. The average Bonchev–Trinajstić information content (AvgIpc) is 2.17. The van der Waals surface area contributed by atoms with E-state index in [9.17, 15) is 5.21 Å². The lowest BCUT2D eigenvalue weighted by atomic mass is 10.3. The Bertz CT molecular complexity index is 489. The van der Waals surface area contributed by atoms with E-state index in [2.05, 4.69) is 10.1 Å². The van der Waals surface area contributed by atoms with Gasteiger partial charge >= 0.3 is 0 Å². The van der Waals surface area contributed by atoms with Gasteiger partial charge in [-0.05, 0) is 28.6 Å². The molecule has 6 heteroatoms. The van der Waals surface area contributed by atoms with E-state index < -0.39 is 0 Å². The highest BCUT2D eigenvalue weighted by molar-refractivity contribution is 6.28. The molecule has 0 spiro atoms. The van der Waals surface area contributed by atoms with Crippen LogP contribution in [0.2, 0.25) is 5.28 Å². The maximum atomic E-state index is 11.3. The van der Waals surface area contributed by atoms with Crippen LogP contribution in [-0.2, 0) is 0 Å². The van der Waals surface area contributed by atoms with Gasteiger partial charge in [0.25, 0.3) is 10.8 Å². The highest BCUT2D eigenvalue weighted by Gasteiger charge is 2.10. The number of methoxy groups -OCH3 is 1. The molecule has 2 aromatic rings. The number of fused-ring (bicyclic) bond motifs is 1. The van der Waals surface area contributed by atoms with E-state index in [0.29, 0.717) is 21.6 Å². The number of ether oxygens (including phenoxy) is 1. The van der Waals surface area contributed by atoms with Crippen molar-refractivity contribution in [2.75, 3.05) is 7.11 Å². The average molecular weight is 212 g/mol. The van der Waals surface area contributed by atoms with Gasteiger partial charge in [-0.15, -0.1) is 0 Å². The maximum Gasteiger partial charge on any atom is 0.290 e. The van der Waals surface area contributed by atoms with Gasteiger partial charge < -0.3 is 9.94 Å². The maximum absolute atomic E-state index is 11.3. The Morgan fingerprint density at radius 2 is 2.29 bits per heavy atom. The lowest BCUT2D eigenvalue weighted by Crippen LogP contribution is -2.32. The van der Waals surface area contributed by atoms with Crippen LogP contribution in [0.15, 0.2) is 18.2 Å². The van der Waals surface area contributed by atoms with Gasteiger partial charge in [-0.2, -0.15) is 0 Å². The molecule has 1 heterocycles. The Balaban J connectivity index is 2.75. The molecule has 5 nitrogen and oxygen atoms in total. The third kappa shape index (κ3) is 1.42. The number of benzene rings is 1. The van der Waals surface area contributed by atoms with Gasteiger partial charge in [0.05, 0.1) is 13.2 Å². The van der Waals surface area contributed by atoms with Gasteiger partial charge in [-0.1, -0.05) is 0 Å². The highest BCUT2D eigenvalue weighted by Crippen LogP contribution is 2.16. The fourth-order valence-corrected chi connectivity index (χ4v) is 1.29. The zero-order valence-corrected chi connectivity index (χ0v) is 8.02. The van der Waals surface area contributed by atoms with Crippen LogP contribution in [0.5, 0.6) is 5.75 Å². The largest absolute Gasteiger partial charge is 0.594 e. The summed E-state index contributed by atoms with van der Waals surface area (Å²) in [5.41, 5.74) is 0.814. The molecular weight excluding hydrogens is 206 g/mol. The second-order valence-corrected chi connectivity index (χ2v) is 2.95. The normalized spacial score (nSPS) is 10.4. The predicted octanol–water partition coefficient (Wildman–Crippen LogP) is 0.925. The quantitative estimate of drug-likeness (QED) is 0.520. The molecule has 72 valence electrons. The third-order valence-corrected chi connectivity index (χ3v) is 1.93. The van der Waals surface area contributed by atoms with E-state index in [1.54, 1.807) is 18.2 Å². The summed E-state index contributed by atoms with van der Waals surface area (Å²) in [4.78, 5) is 4.31. The fourth-order valence-electron chi connectivity index (χ4n) is 1.13. The molecule has 2 rings (SSSR count). The molecule has 1 aromatic carbocycles. The SMILES string of the molecule is COc1ccc2nc(Cl)n[n+]([O-])c2c1. The smallest absolute Gasteiger partial charge is 0.290 e. The number of aromatic nitrogens is 3. The van der Waals surface area contributed by atoms with Gasteiger partial charge in [-0.25, -0.2) is 4.98 Å². The molecule has 1 aromatic heterocycles. The van der Waals surface area contributed by atoms with Crippen molar-refractivity contribution >= 4 is 22.6 Å². The molecule has 0 saturated heterocycles. The van der Waals surface area contributed by atoms with Gasteiger partial charge in [0.15, 0.2) is 0 Å². The topological polar surface area (TPSA) is 62.0 Å². The molecule has 0 saturated carbocycles. The van der Waals surface area contributed by atoms with Crippen molar-refractivity contribution in [3.05, 3.63) is 28.7 Å².